The minimum absolute atomic E-state index is 0.00208. The molecular weight excluding hydrogens is 266 g/mol. The molecule has 0 aromatic carbocycles. The third-order valence-electron chi connectivity index (χ3n) is 2.74. The lowest BCUT2D eigenvalue weighted by atomic mass is 10.2. The molecule has 8 heteroatoms. The Morgan fingerprint density at radius 1 is 1.47 bits per heavy atom. The van der Waals surface area contributed by atoms with Crippen LogP contribution in [0.1, 0.15) is 12.8 Å². The number of sulfonamides is 1. The van der Waals surface area contributed by atoms with Crippen molar-refractivity contribution in [1.29, 1.82) is 0 Å². The lowest BCUT2D eigenvalue weighted by molar-refractivity contribution is 0.213. The molecule has 0 unspecified atom stereocenters. The summed E-state index contributed by atoms with van der Waals surface area (Å²) >= 11 is 5.51. The van der Waals surface area contributed by atoms with Gasteiger partial charge in [0.2, 0.25) is 15.3 Å². The minimum Gasteiger partial charge on any atom is -0.395 e. The van der Waals surface area contributed by atoms with Crippen LogP contribution in [0.25, 0.3) is 0 Å². The summed E-state index contributed by atoms with van der Waals surface area (Å²) in [4.78, 5) is 7.31. The first kappa shape index (κ1) is 12.7. The number of halogens is 1. The summed E-state index contributed by atoms with van der Waals surface area (Å²) in [6.45, 7) is 0.240. The van der Waals surface area contributed by atoms with Crippen molar-refractivity contribution in [3.63, 3.8) is 0 Å². The van der Waals surface area contributed by atoms with Crippen LogP contribution in [0.5, 0.6) is 0 Å². The molecule has 17 heavy (non-hydrogen) atoms. The Bertz CT molecular complexity index is 491. The summed E-state index contributed by atoms with van der Waals surface area (Å²) in [6, 6.07) is -0.351. The predicted molar refractivity (Wildman–Crippen MR) is 61.0 cm³/mol. The molecule has 1 atom stereocenters. The van der Waals surface area contributed by atoms with Gasteiger partial charge in [-0.1, -0.05) is 0 Å². The number of aliphatic hydroxyl groups is 1. The zero-order chi connectivity index (χ0) is 12.5. The van der Waals surface area contributed by atoms with Gasteiger partial charge in [-0.3, -0.25) is 0 Å². The van der Waals surface area contributed by atoms with E-state index in [0.29, 0.717) is 13.0 Å². The largest absolute Gasteiger partial charge is 0.395 e. The average molecular weight is 278 g/mol. The van der Waals surface area contributed by atoms with E-state index < -0.39 is 10.0 Å². The van der Waals surface area contributed by atoms with Gasteiger partial charge < -0.3 is 5.11 Å². The highest BCUT2D eigenvalue weighted by molar-refractivity contribution is 7.89. The van der Waals surface area contributed by atoms with E-state index >= 15 is 0 Å². The van der Waals surface area contributed by atoms with Gasteiger partial charge in [0.05, 0.1) is 19.0 Å². The summed E-state index contributed by atoms with van der Waals surface area (Å²) in [5.41, 5.74) is 0. The Labute approximate surface area is 104 Å². The van der Waals surface area contributed by atoms with Crippen molar-refractivity contribution < 1.29 is 13.5 Å². The fourth-order valence-electron chi connectivity index (χ4n) is 1.88. The molecule has 1 aromatic heterocycles. The van der Waals surface area contributed by atoms with Crippen LogP contribution in [0.3, 0.4) is 0 Å². The van der Waals surface area contributed by atoms with Gasteiger partial charge in [0.25, 0.3) is 0 Å². The van der Waals surface area contributed by atoms with Gasteiger partial charge in [-0.25, -0.2) is 18.4 Å². The predicted octanol–water partition coefficient (Wildman–Crippen LogP) is 0.275. The van der Waals surface area contributed by atoms with Crippen molar-refractivity contribution in [2.24, 2.45) is 0 Å². The molecule has 1 aliphatic heterocycles. The molecule has 6 nitrogen and oxygen atoms in total. The normalized spacial score (nSPS) is 21.9. The quantitative estimate of drug-likeness (QED) is 0.802. The average Bonchev–Trinajstić information content (AvgIpc) is 2.78. The van der Waals surface area contributed by atoms with Crippen LogP contribution in [0.4, 0.5) is 0 Å². The Kier molecular flexibility index (Phi) is 3.62. The maximum Gasteiger partial charge on any atom is 0.246 e. The van der Waals surface area contributed by atoms with Crippen molar-refractivity contribution in [1.82, 2.24) is 14.3 Å². The molecule has 94 valence electrons. The highest BCUT2D eigenvalue weighted by Gasteiger charge is 2.35. The molecule has 0 radical (unpaired) electrons. The number of hydrogen-bond donors (Lipinski definition) is 1. The van der Waals surface area contributed by atoms with Gasteiger partial charge in [0.15, 0.2) is 0 Å². The molecule has 0 bridgehead atoms. The second-order valence-electron chi connectivity index (χ2n) is 3.78. The fourth-order valence-corrected chi connectivity index (χ4v) is 3.55. The third kappa shape index (κ3) is 2.42. The lowest BCUT2D eigenvalue weighted by Crippen LogP contribution is -2.37. The molecule has 0 amide bonds. The summed E-state index contributed by atoms with van der Waals surface area (Å²) in [5.74, 6) is 0. The Morgan fingerprint density at radius 2 is 2.12 bits per heavy atom. The molecule has 1 fully saturated rings. The van der Waals surface area contributed by atoms with Gasteiger partial charge in [-0.2, -0.15) is 4.31 Å². The second-order valence-corrected chi connectivity index (χ2v) is 6.01. The Balaban J connectivity index is 2.33. The standard InChI is InChI=1S/C9H12ClN3O3S/c10-9-11-4-8(5-12-9)17(15,16)13-3-1-2-7(13)6-14/h4-5,7,14H,1-3,6H2/t7-/m0/s1. The van der Waals surface area contributed by atoms with Crippen LogP contribution in [-0.4, -0.2) is 47.0 Å². The van der Waals surface area contributed by atoms with E-state index in [0.717, 1.165) is 6.42 Å². The zero-order valence-corrected chi connectivity index (χ0v) is 10.5. The minimum atomic E-state index is -3.63. The lowest BCUT2D eigenvalue weighted by Gasteiger charge is -2.21. The summed E-state index contributed by atoms with van der Waals surface area (Å²) < 4.78 is 25.7. The molecule has 1 N–H and O–H groups in total. The van der Waals surface area contributed by atoms with E-state index in [1.54, 1.807) is 0 Å². The monoisotopic (exact) mass is 277 g/mol. The maximum absolute atomic E-state index is 12.2. The van der Waals surface area contributed by atoms with Gasteiger partial charge in [0.1, 0.15) is 4.90 Å². The van der Waals surface area contributed by atoms with E-state index in [4.69, 9.17) is 16.7 Å². The summed E-state index contributed by atoms with van der Waals surface area (Å²) in [7, 11) is -3.63. The van der Waals surface area contributed by atoms with Crippen LogP contribution < -0.4 is 0 Å². The van der Waals surface area contributed by atoms with Crippen molar-refractivity contribution in [3.05, 3.63) is 17.7 Å². The van der Waals surface area contributed by atoms with E-state index in [1.807, 2.05) is 0 Å². The van der Waals surface area contributed by atoms with Crippen LogP contribution in [0, 0.1) is 0 Å². The van der Waals surface area contributed by atoms with Crippen molar-refractivity contribution in [3.8, 4) is 0 Å². The molecule has 2 rings (SSSR count). The van der Waals surface area contributed by atoms with Crippen LogP contribution in [0.15, 0.2) is 17.3 Å². The van der Waals surface area contributed by atoms with E-state index in [1.165, 1.54) is 16.7 Å². The molecule has 1 saturated heterocycles. The highest BCUT2D eigenvalue weighted by Crippen LogP contribution is 2.25. The van der Waals surface area contributed by atoms with Crippen LogP contribution in [0.2, 0.25) is 5.28 Å². The molecular formula is C9H12ClN3O3S. The molecule has 1 aliphatic rings. The number of nitrogens with zero attached hydrogens (tertiary/aromatic N) is 3. The van der Waals surface area contributed by atoms with Crippen molar-refractivity contribution in [2.45, 2.75) is 23.8 Å². The Hall–Kier alpha value is -0.760. The smallest absolute Gasteiger partial charge is 0.246 e. The SMILES string of the molecule is O=S(=O)(c1cnc(Cl)nc1)N1CCC[C@H]1CO. The first-order valence-corrected chi connectivity index (χ1v) is 6.98. The third-order valence-corrected chi connectivity index (χ3v) is 4.84. The van der Waals surface area contributed by atoms with Gasteiger partial charge in [-0.05, 0) is 24.4 Å². The van der Waals surface area contributed by atoms with Crippen molar-refractivity contribution in [2.75, 3.05) is 13.2 Å². The molecule has 2 heterocycles. The van der Waals surface area contributed by atoms with E-state index in [2.05, 4.69) is 9.97 Å². The van der Waals surface area contributed by atoms with E-state index in [-0.39, 0.29) is 22.8 Å². The van der Waals surface area contributed by atoms with Gasteiger partial charge in [-0.15, -0.1) is 0 Å². The number of aromatic nitrogens is 2. The first-order chi connectivity index (χ1) is 8.05. The Morgan fingerprint density at radius 3 is 2.71 bits per heavy atom. The van der Waals surface area contributed by atoms with Crippen LogP contribution in [-0.2, 0) is 10.0 Å². The molecule has 1 aromatic rings. The molecule has 0 aliphatic carbocycles. The van der Waals surface area contributed by atoms with E-state index in [9.17, 15) is 8.42 Å². The fraction of sp³-hybridized carbons (Fsp3) is 0.556. The van der Waals surface area contributed by atoms with Crippen molar-refractivity contribution >= 4 is 21.6 Å². The highest BCUT2D eigenvalue weighted by atomic mass is 35.5. The number of aliphatic hydroxyl groups excluding tert-OH is 1. The zero-order valence-electron chi connectivity index (χ0n) is 8.95. The number of rotatable bonds is 3. The number of hydrogen-bond acceptors (Lipinski definition) is 5. The van der Waals surface area contributed by atoms with Gasteiger partial charge in [0, 0.05) is 12.6 Å². The second kappa shape index (κ2) is 4.85. The topological polar surface area (TPSA) is 83.4 Å². The molecule has 0 saturated carbocycles. The summed E-state index contributed by atoms with van der Waals surface area (Å²) in [5, 5.41) is 9.14. The van der Waals surface area contributed by atoms with Gasteiger partial charge >= 0.3 is 0 Å². The maximum atomic E-state index is 12.2. The van der Waals surface area contributed by atoms with Crippen LogP contribution >= 0.6 is 11.6 Å². The molecule has 0 spiro atoms. The first-order valence-electron chi connectivity index (χ1n) is 5.16. The summed E-state index contributed by atoms with van der Waals surface area (Å²) in [6.07, 6.45) is 3.78.